The van der Waals surface area contributed by atoms with Gasteiger partial charge in [-0.05, 0) is 43.0 Å². The SMILES string of the molecule is C=CCOC(=O)CCc1c[nH]c(/C=C2\NC(=O)C(C=C)=C2C)c1C. The Morgan fingerprint density at radius 3 is 2.71 bits per heavy atom. The molecule has 2 heterocycles. The Bertz CT molecular complexity index is 751. The van der Waals surface area contributed by atoms with E-state index in [4.69, 9.17) is 4.74 Å². The summed E-state index contributed by atoms with van der Waals surface area (Å²) in [4.78, 5) is 26.6. The predicted octanol–water partition coefficient (Wildman–Crippen LogP) is 2.96. The normalized spacial score (nSPS) is 15.6. The van der Waals surface area contributed by atoms with Gasteiger partial charge in [0.2, 0.25) is 0 Å². The summed E-state index contributed by atoms with van der Waals surface area (Å²) in [6, 6.07) is 0. The lowest BCUT2D eigenvalue weighted by atomic mass is 10.1. The van der Waals surface area contributed by atoms with E-state index in [1.54, 1.807) is 12.2 Å². The Labute approximate surface area is 141 Å². The molecular formula is C19H22N2O3. The molecule has 0 aliphatic carbocycles. The highest BCUT2D eigenvalue weighted by molar-refractivity contribution is 6.03. The Morgan fingerprint density at radius 2 is 2.08 bits per heavy atom. The summed E-state index contributed by atoms with van der Waals surface area (Å²) >= 11 is 0. The molecule has 1 aliphatic heterocycles. The summed E-state index contributed by atoms with van der Waals surface area (Å²) in [7, 11) is 0. The van der Waals surface area contributed by atoms with E-state index < -0.39 is 0 Å². The van der Waals surface area contributed by atoms with Crippen LogP contribution < -0.4 is 5.32 Å². The zero-order chi connectivity index (χ0) is 17.7. The topological polar surface area (TPSA) is 71.2 Å². The van der Waals surface area contributed by atoms with E-state index in [2.05, 4.69) is 23.5 Å². The first-order valence-corrected chi connectivity index (χ1v) is 7.78. The van der Waals surface area contributed by atoms with E-state index in [1.165, 1.54) is 0 Å². The van der Waals surface area contributed by atoms with Crippen molar-refractivity contribution < 1.29 is 14.3 Å². The molecule has 0 saturated carbocycles. The van der Waals surface area contributed by atoms with Crippen LogP contribution in [0.5, 0.6) is 0 Å². The number of nitrogens with one attached hydrogen (secondary N) is 2. The molecule has 0 spiro atoms. The zero-order valence-electron chi connectivity index (χ0n) is 14.1. The Balaban J connectivity index is 2.11. The minimum absolute atomic E-state index is 0.136. The van der Waals surface area contributed by atoms with E-state index in [9.17, 15) is 9.59 Å². The largest absolute Gasteiger partial charge is 0.461 e. The van der Waals surface area contributed by atoms with Crippen LogP contribution in [0.4, 0.5) is 0 Å². The van der Waals surface area contributed by atoms with Crippen LogP contribution in [-0.4, -0.2) is 23.5 Å². The number of hydrogen-bond acceptors (Lipinski definition) is 3. The van der Waals surface area contributed by atoms with Crippen molar-refractivity contribution in [3.63, 3.8) is 0 Å². The number of ether oxygens (including phenoxy) is 1. The molecule has 1 aliphatic rings. The number of aryl methyl sites for hydroxylation is 1. The molecule has 5 nitrogen and oxygen atoms in total. The number of carbonyl (C=O) groups is 2. The Kier molecular flexibility index (Phi) is 5.58. The lowest BCUT2D eigenvalue weighted by Crippen LogP contribution is -2.15. The lowest BCUT2D eigenvalue weighted by Gasteiger charge is -2.03. The fraction of sp³-hybridized carbons (Fsp3) is 0.263. The number of rotatable bonds is 7. The van der Waals surface area contributed by atoms with Gasteiger partial charge in [-0.1, -0.05) is 25.3 Å². The molecule has 2 N–H and O–H groups in total. The number of hydrogen-bond donors (Lipinski definition) is 2. The van der Waals surface area contributed by atoms with Crippen molar-refractivity contribution in [2.75, 3.05) is 6.61 Å². The number of amides is 1. The molecule has 1 amide bonds. The molecular weight excluding hydrogens is 304 g/mol. The average Bonchev–Trinajstić information content (AvgIpc) is 3.04. The van der Waals surface area contributed by atoms with Crippen molar-refractivity contribution in [1.82, 2.24) is 10.3 Å². The second-order valence-electron chi connectivity index (χ2n) is 5.58. The maximum atomic E-state index is 11.8. The maximum absolute atomic E-state index is 11.8. The van der Waals surface area contributed by atoms with E-state index in [1.807, 2.05) is 26.1 Å². The standard InChI is InChI=1S/C19H22N2O3/c1-5-9-24-18(22)8-7-14-11-20-16(12(14)3)10-17-13(4)15(6-2)19(23)21-17/h5-6,10-11,20H,1-2,7-9H2,3-4H3,(H,21,23)/b17-10-. The summed E-state index contributed by atoms with van der Waals surface area (Å²) in [5.41, 5.74) is 5.23. The zero-order valence-corrected chi connectivity index (χ0v) is 14.1. The number of H-pyrrole nitrogens is 1. The van der Waals surface area contributed by atoms with E-state index >= 15 is 0 Å². The third-order valence-corrected chi connectivity index (χ3v) is 4.04. The van der Waals surface area contributed by atoms with Gasteiger partial charge in [0.25, 0.3) is 5.91 Å². The molecule has 2 rings (SSSR count). The third-order valence-electron chi connectivity index (χ3n) is 4.04. The molecule has 24 heavy (non-hydrogen) atoms. The molecule has 126 valence electrons. The van der Waals surface area contributed by atoms with Gasteiger partial charge in [-0.25, -0.2) is 0 Å². The van der Waals surface area contributed by atoms with Crippen LogP contribution in [0.2, 0.25) is 0 Å². The third kappa shape index (κ3) is 3.74. The molecule has 0 atom stereocenters. The quantitative estimate of drug-likeness (QED) is 0.598. The molecule has 0 aromatic carbocycles. The van der Waals surface area contributed by atoms with Crippen LogP contribution >= 0.6 is 0 Å². The van der Waals surface area contributed by atoms with Gasteiger partial charge in [0.1, 0.15) is 6.61 Å². The van der Waals surface area contributed by atoms with Gasteiger partial charge in [-0.15, -0.1) is 0 Å². The summed E-state index contributed by atoms with van der Waals surface area (Å²) in [6.07, 6.45) is 7.81. The number of carbonyl (C=O) groups excluding carboxylic acids is 2. The number of aromatic amines is 1. The smallest absolute Gasteiger partial charge is 0.306 e. The molecule has 0 bridgehead atoms. The van der Waals surface area contributed by atoms with Crippen LogP contribution in [0.25, 0.3) is 6.08 Å². The first-order valence-electron chi connectivity index (χ1n) is 7.78. The van der Waals surface area contributed by atoms with Crippen molar-refractivity contribution >= 4 is 18.0 Å². The minimum Gasteiger partial charge on any atom is -0.461 e. The van der Waals surface area contributed by atoms with Crippen LogP contribution in [0.3, 0.4) is 0 Å². The maximum Gasteiger partial charge on any atom is 0.306 e. The fourth-order valence-electron chi connectivity index (χ4n) is 2.56. The number of esters is 1. The highest BCUT2D eigenvalue weighted by Gasteiger charge is 2.22. The molecule has 0 fully saturated rings. The van der Waals surface area contributed by atoms with Gasteiger partial charge >= 0.3 is 5.97 Å². The lowest BCUT2D eigenvalue weighted by molar-refractivity contribution is -0.142. The van der Waals surface area contributed by atoms with Crippen molar-refractivity contribution in [3.8, 4) is 0 Å². The average molecular weight is 326 g/mol. The van der Waals surface area contributed by atoms with Gasteiger partial charge in [-0.3, -0.25) is 9.59 Å². The number of allylic oxidation sites excluding steroid dienone is 1. The Morgan fingerprint density at radius 1 is 1.33 bits per heavy atom. The number of aromatic nitrogens is 1. The summed E-state index contributed by atoms with van der Waals surface area (Å²) in [5.74, 6) is -0.379. The minimum atomic E-state index is -0.243. The first-order chi connectivity index (χ1) is 11.5. The van der Waals surface area contributed by atoms with Crippen molar-refractivity contribution in [1.29, 1.82) is 0 Å². The summed E-state index contributed by atoms with van der Waals surface area (Å²) in [5, 5.41) is 2.84. The van der Waals surface area contributed by atoms with E-state index in [0.29, 0.717) is 18.4 Å². The van der Waals surface area contributed by atoms with Crippen molar-refractivity contribution in [2.24, 2.45) is 0 Å². The molecule has 1 aromatic heterocycles. The second kappa shape index (κ2) is 7.64. The summed E-state index contributed by atoms with van der Waals surface area (Å²) < 4.78 is 4.98. The van der Waals surface area contributed by atoms with Crippen molar-refractivity contribution in [3.05, 3.63) is 65.2 Å². The van der Waals surface area contributed by atoms with Crippen LogP contribution in [0.15, 0.2) is 48.4 Å². The predicted molar refractivity (Wildman–Crippen MR) is 94.0 cm³/mol. The fourth-order valence-corrected chi connectivity index (χ4v) is 2.56. The molecule has 1 aromatic rings. The molecule has 0 saturated heterocycles. The monoisotopic (exact) mass is 326 g/mol. The van der Waals surface area contributed by atoms with E-state index in [-0.39, 0.29) is 18.5 Å². The van der Waals surface area contributed by atoms with Gasteiger partial charge in [0.15, 0.2) is 0 Å². The van der Waals surface area contributed by atoms with Gasteiger partial charge in [0.05, 0.1) is 0 Å². The molecule has 0 unspecified atom stereocenters. The van der Waals surface area contributed by atoms with Gasteiger partial charge in [-0.2, -0.15) is 0 Å². The van der Waals surface area contributed by atoms with Crippen LogP contribution in [0, 0.1) is 6.92 Å². The first kappa shape index (κ1) is 17.5. The molecule has 5 heteroatoms. The Hall–Kier alpha value is -2.82. The van der Waals surface area contributed by atoms with Crippen LogP contribution in [0.1, 0.15) is 30.2 Å². The highest BCUT2D eigenvalue weighted by atomic mass is 16.5. The second-order valence-corrected chi connectivity index (χ2v) is 5.58. The van der Waals surface area contributed by atoms with Gasteiger partial charge < -0.3 is 15.0 Å². The van der Waals surface area contributed by atoms with Gasteiger partial charge in [0, 0.05) is 29.6 Å². The summed E-state index contributed by atoms with van der Waals surface area (Å²) in [6.45, 7) is 11.3. The highest BCUT2D eigenvalue weighted by Crippen LogP contribution is 2.24. The molecule has 0 radical (unpaired) electrons. The van der Waals surface area contributed by atoms with Crippen LogP contribution in [-0.2, 0) is 20.7 Å². The van der Waals surface area contributed by atoms with Crippen molar-refractivity contribution in [2.45, 2.75) is 26.7 Å². The van der Waals surface area contributed by atoms with E-state index in [0.717, 1.165) is 28.1 Å².